The predicted molar refractivity (Wildman–Crippen MR) is 78.6 cm³/mol. The Kier molecular flexibility index (Phi) is 4.19. The van der Waals surface area contributed by atoms with Gasteiger partial charge in [0.15, 0.2) is 5.76 Å². The molecular formula is C14H16Cl2N2O. The second kappa shape index (κ2) is 5.53. The zero-order valence-electron chi connectivity index (χ0n) is 11.1. The van der Waals surface area contributed by atoms with Crippen molar-refractivity contribution < 1.29 is 4.52 Å². The molecule has 0 amide bonds. The summed E-state index contributed by atoms with van der Waals surface area (Å²) in [4.78, 5) is 0. The van der Waals surface area contributed by atoms with Crippen molar-refractivity contribution in [2.45, 2.75) is 32.9 Å². The highest BCUT2D eigenvalue weighted by Crippen LogP contribution is 2.30. The summed E-state index contributed by atoms with van der Waals surface area (Å²) in [6.45, 7) is 6.95. The summed E-state index contributed by atoms with van der Waals surface area (Å²) in [5.41, 5.74) is 1.67. The Bertz CT molecular complexity index is 573. The molecule has 0 saturated heterocycles. The maximum Gasteiger partial charge on any atom is 0.168 e. The largest absolute Gasteiger partial charge is 0.356 e. The van der Waals surface area contributed by atoms with Crippen LogP contribution in [0.1, 0.15) is 26.5 Å². The smallest absolute Gasteiger partial charge is 0.168 e. The first-order valence-corrected chi connectivity index (χ1v) is 6.77. The van der Waals surface area contributed by atoms with E-state index in [1.165, 1.54) is 0 Å². The van der Waals surface area contributed by atoms with E-state index in [1.807, 2.05) is 12.1 Å². The van der Waals surface area contributed by atoms with Crippen LogP contribution < -0.4 is 5.32 Å². The number of halogens is 2. The Morgan fingerprint density at radius 1 is 1.21 bits per heavy atom. The number of hydrogen-bond donors (Lipinski definition) is 1. The number of aromatic nitrogens is 1. The lowest BCUT2D eigenvalue weighted by atomic mass is 10.1. The van der Waals surface area contributed by atoms with Crippen LogP contribution in [-0.4, -0.2) is 10.7 Å². The molecule has 1 heterocycles. The van der Waals surface area contributed by atoms with Gasteiger partial charge in [-0.05, 0) is 39.0 Å². The SMILES string of the molecule is CC(C)(C)NCc1cc(-c2ccc(Cl)cc2Cl)on1. The predicted octanol–water partition coefficient (Wildman–Crippen LogP) is 4.54. The number of nitrogens with one attached hydrogen (secondary N) is 1. The van der Waals surface area contributed by atoms with Crippen molar-refractivity contribution in [2.75, 3.05) is 0 Å². The van der Waals surface area contributed by atoms with Crippen LogP contribution in [-0.2, 0) is 6.54 Å². The zero-order valence-corrected chi connectivity index (χ0v) is 12.6. The third-order valence-electron chi connectivity index (χ3n) is 2.56. The zero-order chi connectivity index (χ0) is 14.0. The Balaban J connectivity index is 2.16. The minimum atomic E-state index is 0.0387. The number of nitrogens with zero attached hydrogens (tertiary/aromatic N) is 1. The van der Waals surface area contributed by atoms with Gasteiger partial charge in [-0.3, -0.25) is 0 Å². The lowest BCUT2D eigenvalue weighted by molar-refractivity contribution is 0.392. The standard InChI is InChI=1S/C14H16Cl2N2O/c1-14(2,3)17-8-10-7-13(19-18-10)11-5-4-9(15)6-12(11)16/h4-7,17H,8H2,1-3H3. The summed E-state index contributed by atoms with van der Waals surface area (Å²) in [6, 6.07) is 7.17. The van der Waals surface area contributed by atoms with E-state index in [1.54, 1.807) is 12.1 Å². The molecule has 0 unspecified atom stereocenters. The molecule has 0 fully saturated rings. The van der Waals surface area contributed by atoms with E-state index < -0.39 is 0 Å². The number of rotatable bonds is 3. The Morgan fingerprint density at radius 3 is 2.58 bits per heavy atom. The van der Waals surface area contributed by atoms with Crippen LogP contribution in [0.4, 0.5) is 0 Å². The van der Waals surface area contributed by atoms with Gasteiger partial charge in [0.25, 0.3) is 0 Å². The van der Waals surface area contributed by atoms with Gasteiger partial charge in [0.2, 0.25) is 0 Å². The fourth-order valence-electron chi connectivity index (χ4n) is 1.57. The van der Waals surface area contributed by atoms with Gasteiger partial charge in [-0.2, -0.15) is 0 Å². The van der Waals surface area contributed by atoms with Crippen LogP contribution in [0.3, 0.4) is 0 Å². The highest BCUT2D eigenvalue weighted by molar-refractivity contribution is 6.36. The molecule has 0 bridgehead atoms. The molecule has 1 aromatic carbocycles. The maximum atomic E-state index is 6.14. The molecule has 0 aliphatic heterocycles. The molecule has 102 valence electrons. The molecule has 5 heteroatoms. The quantitative estimate of drug-likeness (QED) is 0.904. The molecule has 19 heavy (non-hydrogen) atoms. The first-order valence-electron chi connectivity index (χ1n) is 6.01. The van der Waals surface area contributed by atoms with E-state index in [0.717, 1.165) is 11.3 Å². The van der Waals surface area contributed by atoms with Crippen molar-refractivity contribution in [3.63, 3.8) is 0 Å². The van der Waals surface area contributed by atoms with Gasteiger partial charge >= 0.3 is 0 Å². The van der Waals surface area contributed by atoms with E-state index in [0.29, 0.717) is 22.4 Å². The van der Waals surface area contributed by atoms with E-state index in [4.69, 9.17) is 27.7 Å². The molecule has 2 aromatic rings. The van der Waals surface area contributed by atoms with Gasteiger partial charge in [-0.15, -0.1) is 0 Å². The van der Waals surface area contributed by atoms with Crippen molar-refractivity contribution in [3.05, 3.63) is 40.0 Å². The number of benzene rings is 1. The fourth-order valence-corrected chi connectivity index (χ4v) is 2.07. The van der Waals surface area contributed by atoms with Crippen molar-refractivity contribution in [1.29, 1.82) is 0 Å². The van der Waals surface area contributed by atoms with Crippen LogP contribution in [0.5, 0.6) is 0 Å². The van der Waals surface area contributed by atoms with E-state index in [2.05, 4.69) is 31.2 Å². The molecule has 2 rings (SSSR count). The van der Waals surface area contributed by atoms with E-state index in [9.17, 15) is 0 Å². The number of hydrogen-bond acceptors (Lipinski definition) is 3. The summed E-state index contributed by atoms with van der Waals surface area (Å²) in [7, 11) is 0. The van der Waals surface area contributed by atoms with Gasteiger partial charge in [-0.25, -0.2) is 0 Å². The average molecular weight is 299 g/mol. The van der Waals surface area contributed by atoms with Crippen LogP contribution in [0.25, 0.3) is 11.3 Å². The van der Waals surface area contributed by atoms with Crippen molar-refractivity contribution in [1.82, 2.24) is 10.5 Å². The van der Waals surface area contributed by atoms with Crippen LogP contribution in [0, 0.1) is 0 Å². The summed E-state index contributed by atoms with van der Waals surface area (Å²) < 4.78 is 5.32. The van der Waals surface area contributed by atoms with Gasteiger partial charge in [-0.1, -0.05) is 28.4 Å². The average Bonchev–Trinajstić information content (AvgIpc) is 2.74. The summed E-state index contributed by atoms with van der Waals surface area (Å²) in [6.07, 6.45) is 0. The second-order valence-electron chi connectivity index (χ2n) is 5.41. The molecule has 0 aliphatic rings. The molecule has 3 nitrogen and oxygen atoms in total. The molecule has 0 atom stereocenters. The third-order valence-corrected chi connectivity index (χ3v) is 3.10. The highest BCUT2D eigenvalue weighted by atomic mass is 35.5. The summed E-state index contributed by atoms with van der Waals surface area (Å²) in [5, 5.41) is 8.53. The van der Waals surface area contributed by atoms with Crippen LogP contribution >= 0.6 is 23.2 Å². The van der Waals surface area contributed by atoms with Crippen LogP contribution in [0.15, 0.2) is 28.8 Å². The van der Waals surface area contributed by atoms with Crippen LogP contribution in [0.2, 0.25) is 10.0 Å². The summed E-state index contributed by atoms with van der Waals surface area (Å²) >= 11 is 12.0. The van der Waals surface area contributed by atoms with Gasteiger partial charge < -0.3 is 9.84 Å². The summed E-state index contributed by atoms with van der Waals surface area (Å²) in [5.74, 6) is 0.646. The second-order valence-corrected chi connectivity index (χ2v) is 6.25. The lowest BCUT2D eigenvalue weighted by Gasteiger charge is -2.19. The first-order chi connectivity index (χ1) is 8.85. The minimum absolute atomic E-state index is 0.0387. The van der Waals surface area contributed by atoms with E-state index in [-0.39, 0.29) is 5.54 Å². The van der Waals surface area contributed by atoms with Crippen molar-refractivity contribution >= 4 is 23.2 Å². The highest BCUT2D eigenvalue weighted by Gasteiger charge is 2.13. The van der Waals surface area contributed by atoms with Gasteiger partial charge in [0.05, 0.1) is 10.7 Å². The molecule has 0 radical (unpaired) electrons. The Labute approximate surface area is 122 Å². The monoisotopic (exact) mass is 298 g/mol. The maximum absolute atomic E-state index is 6.14. The first kappa shape index (κ1) is 14.4. The molecule has 0 aliphatic carbocycles. The normalized spacial score (nSPS) is 11.8. The molecular weight excluding hydrogens is 283 g/mol. The lowest BCUT2D eigenvalue weighted by Crippen LogP contribution is -2.35. The fraction of sp³-hybridized carbons (Fsp3) is 0.357. The van der Waals surface area contributed by atoms with Gasteiger partial charge in [0, 0.05) is 28.7 Å². The minimum Gasteiger partial charge on any atom is -0.356 e. The molecule has 1 N–H and O–H groups in total. The molecule has 1 aromatic heterocycles. The van der Waals surface area contributed by atoms with Crippen molar-refractivity contribution in [2.24, 2.45) is 0 Å². The third kappa shape index (κ3) is 3.96. The van der Waals surface area contributed by atoms with E-state index >= 15 is 0 Å². The topological polar surface area (TPSA) is 38.1 Å². The molecule has 0 saturated carbocycles. The molecule has 0 spiro atoms. The Hall–Kier alpha value is -1.03. The Morgan fingerprint density at radius 2 is 1.95 bits per heavy atom. The van der Waals surface area contributed by atoms with Gasteiger partial charge in [0.1, 0.15) is 0 Å². The van der Waals surface area contributed by atoms with Crippen molar-refractivity contribution in [3.8, 4) is 11.3 Å².